The number of nitrogens with zero attached hydrogens (tertiary/aromatic N) is 1. The van der Waals surface area contributed by atoms with Crippen molar-refractivity contribution in [2.24, 2.45) is 0 Å². The minimum Gasteiger partial charge on any atom is -0.387 e. The lowest BCUT2D eigenvalue weighted by atomic mass is 9.89. The van der Waals surface area contributed by atoms with Crippen molar-refractivity contribution in [2.75, 3.05) is 19.7 Å². The van der Waals surface area contributed by atoms with Crippen molar-refractivity contribution >= 4 is 0 Å². The van der Waals surface area contributed by atoms with E-state index in [9.17, 15) is 5.11 Å². The lowest BCUT2D eigenvalue weighted by molar-refractivity contribution is -0.0975. The molecule has 1 aliphatic heterocycles. The van der Waals surface area contributed by atoms with Crippen molar-refractivity contribution in [1.29, 1.82) is 0 Å². The number of morpholine rings is 1. The molecule has 2 aliphatic rings. The molecular weight excluding hydrogens is 262 g/mol. The van der Waals surface area contributed by atoms with Crippen LogP contribution < -0.4 is 0 Å². The number of aliphatic hydroxyl groups is 1. The van der Waals surface area contributed by atoms with Crippen LogP contribution in [-0.2, 0) is 4.74 Å². The van der Waals surface area contributed by atoms with Gasteiger partial charge in [-0.2, -0.15) is 0 Å². The first-order valence-electron chi connectivity index (χ1n) is 8.26. The van der Waals surface area contributed by atoms with Crippen molar-refractivity contribution in [1.82, 2.24) is 4.90 Å². The largest absolute Gasteiger partial charge is 0.387 e. The Morgan fingerprint density at radius 3 is 2.95 bits per heavy atom. The number of ether oxygens (including phenoxy) is 1. The quantitative estimate of drug-likeness (QED) is 0.928. The number of hydrogen-bond acceptors (Lipinski definition) is 3. The van der Waals surface area contributed by atoms with Crippen molar-refractivity contribution < 1.29 is 9.84 Å². The van der Waals surface area contributed by atoms with E-state index in [0.717, 1.165) is 25.3 Å². The minimum atomic E-state index is -0.398. The topological polar surface area (TPSA) is 32.7 Å². The van der Waals surface area contributed by atoms with Gasteiger partial charge in [0.15, 0.2) is 0 Å². The summed E-state index contributed by atoms with van der Waals surface area (Å²) in [4.78, 5) is 2.46. The summed E-state index contributed by atoms with van der Waals surface area (Å²) in [5.74, 6) is 0. The van der Waals surface area contributed by atoms with E-state index in [0.29, 0.717) is 12.1 Å². The van der Waals surface area contributed by atoms with Crippen LogP contribution in [0.1, 0.15) is 48.5 Å². The van der Waals surface area contributed by atoms with Gasteiger partial charge in [-0.1, -0.05) is 36.6 Å². The second kappa shape index (κ2) is 6.47. The van der Waals surface area contributed by atoms with Crippen LogP contribution >= 0.6 is 0 Å². The number of rotatable bonds is 3. The summed E-state index contributed by atoms with van der Waals surface area (Å²) in [6.07, 6.45) is 4.96. The number of aliphatic hydroxyl groups excluding tert-OH is 1. The van der Waals surface area contributed by atoms with Gasteiger partial charge in [-0.15, -0.1) is 0 Å². The number of β-amino-alcohol motifs (C(OH)–C–C–N with tert-alkyl or cyclic N) is 1. The lowest BCUT2D eigenvalue weighted by Crippen LogP contribution is -2.53. The van der Waals surface area contributed by atoms with Crippen molar-refractivity contribution in [3.8, 4) is 0 Å². The molecule has 0 amide bonds. The smallest absolute Gasteiger partial charge is 0.0919 e. The molecule has 0 spiro atoms. The Bertz CT molecular complexity index is 486. The maximum absolute atomic E-state index is 10.7. The molecule has 1 aliphatic carbocycles. The molecule has 3 nitrogen and oxygen atoms in total. The van der Waals surface area contributed by atoms with Gasteiger partial charge in [0, 0.05) is 19.1 Å². The molecule has 0 radical (unpaired) electrons. The van der Waals surface area contributed by atoms with E-state index in [2.05, 4.69) is 36.9 Å². The van der Waals surface area contributed by atoms with Gasteiger partial charge in [0.2, 0.25) is 0 Å². The zero-order chi connectivity index (χ0) is 14.8. The highest BCUT2D eigenvalue weighted by atomic mass is 16.5. The lowest BCUT2D eigenvalue weighted by Gasteiger charge is -2.44. The molecule has 21 heavy (non-hydrogen) atoms. The SMILES string of the molecule is Cc1ccc(C)c(C(O)CN2CCOC3CCCCC32)c1. The Morgan fingerprint density at radius 2 is 2.10 bits per heavy atom. The van der Waals surface area contributed by atoms with Crippen LogP contribution in [0.4, 0.5) is 0 Å². The van der Waals surface area contributed by atoms with Crippen LogP contribution in [0.3, 0.4) is 0 Å². The highest BCUT2D eigenvalue weighted by Crippen LogP contribution is 2.30. The molecular formula is C18H27NO2. The Kier molecular flexibility index (Phi) is 4.63. The number of hydrogen-bond donors (Lipinski definition) is 1. The molecule has 1 aromatic rings. The second-order valence-electron chi connectivity index (χ2n) is 6.63. The summed E-state index contributed by atoms with van der Waals surface area (Å²) < 4.78 is 5.92. The molecule has 1 saturated carbocycles. The molecule has 3 atom stereocenters. The third-order valence-corrected chi connectivity index (χ3v) is 5.05. The van der Waals surface area contributed by atoms with Gasteiger partial charge in [0.05, 0.1) is 18.8 Å². The maximum atomic E-state index is 10.7. The van der Waals surface area contributed by atoms with E-state index in [1.54, 1.807) is 0 Å². The third kappa shape index (κ3) is 3.31. The average Bonchev–Trinajstić information content (AvgIpc) is 2.50. The molecule has 3 rings (SSSR count). The minimum absolute atomic E-state index is 0.387. The van der Waals surface area contributed by atoms with Crippen molar-refractivity contribution in [3.05, 3.63) is 34.9 Å². The van der Waals surface area contributed by atoms with E-state index < -0.39 is 6.10 Å². The van der Waals surface area contributed by atoms with Gasteiger partial charge >= 0.3 is 0 Å². The van der Waals surface area contributed by atoms with Gasteiger partial charge in [0.1, 0.15) is 0 Å². The first-order valence-corrected chi connectivity index (χ1v) is 8.26. The van der Waals surface area contributed by atoms with Crippen molar-refractivity contribution in [2.45, 2.75) is 57.8 Å². The average molecular weight is 289 g/mol. The summed E-state index contributed by atoms with van der Waals surface area (Å²) in [7, 11) is 0. The van der Waals surface area contributed by atoms with Crippen LogP contribution in [-0.4, -0.2) is 41.8 Å². The van der Waals surface area contributed by atoms with E-state index in [-0.39, 0.29) is 0 Å². The zero-order valence-electron chi connectivity index (χ0n) is 13.2. The Hall–Kier alpha value is -0.900. The third-order valence-electron chi connectivity index (χ3n) is 5.05. The van der Waals surface area contributed by atoms with Crippen LogP contribution in [0.5, 0.6) is 0 Å². The highest BCUT2D eigenvalue weighted by molar-refractivity contribution is 5.32. The fraction of sp³-hybridized carbons (Fsp3) is 0.667. The molecule has 3 unspecified atom stereocenters. The summed E-state index contributed by atoms with van der Waals surface area (Å²) in [5, 5.41) is 10.7. The summed E-state index contributed by atoms with van der Waals surface area (Å²) >= 11 is 0. The molecule has 0 bridgehead atoms. The van der Waals surface area contributed by atoms with E-state index >= 15 is 0 Å². The summed E-state index contributed by atoms with van der Waals surface area (Å²) in [6.45, 7) is 6.65. The first kappa shape index (κ1) is 15.0. The molecule has 1 N–H and O–H groups in total. The predicted octanol–water partition coefficient (Wildman–Crippen LogP) is 2.98. The molecule has 116 valence electrons. The molecule has 1 saturated heterocycles. The van der Waals surface area contributed by atoms with E-state index in [1.807, 2.05) is 0 Å². The van der Waals surface area contributed by atoms with Gasteiger partial charge in [-0.25, -0.2) is 0 Å². The van der Waals surface area contributed by atoms with Gasteiger partial charge in [0.25, 0.3) is 0 Å². The molecule has 3 heteroatoms. The number of fused-ring (bicyclic) bond motifs is 1. The molecule has 1 aromatic carbocycles. The van der Waals surface area contributed by atoms with E-state index in [4.69, 9.17) is 4.74 Å². The second-order valence-corrected chi connectivity index (χ2v) is 6.63. The molecule has 2 fully saturated rings. The Morgan fingerprint density at radius 1 is 1.29 bits per heavy atom. The van der Waals surface area contributed by atoms with Crippen LogP contribution in [0.2, 0.25) is 0 Å². The number of aryl methyl sites for hydroxylation is 2. The summed E-state index contributed by atoms with van der Waals surface area (Å²) in [6, 6.07) is 6.85. The molecule has 0 aromatic heterocycles. The molecule has 1 heterocycles. The van der Waals surface area contributed by atoms with Crippen molar-refractivity contribution in [3.63, 3.8) is 0 Å². The Labute approximate surface area is 127 Å². The number of benzene rings is 1. The summed E-state index contributed by atoms with van der Waals surface area (Å²) in [5.41, 5.74) is 3.47. The first-order chi connectivity index (χ1) is 10.1. The maximum Gasteiger partial charge on any atom is 0.0919 e. The monoisotopic (exact) mass is 289 g/mol. The van der Waals surface area contributed by atoms with E-state index in [1.165, 1.54) is 36.8 Å². The predicted molar refractivity (Wildman–Crippen MR) is 84.4 cm³/mol. The van der Waals surface area contributed by atoms with Gasteiger partial charge < -0.3 is 9.84 Å². The fourth-order valence-corrected chi connectivity index (χ4v) is 3.84. The fourth-order valence-electron chi connectivity index (χ4n) is 3.84. The van der Waals surface area contributed by atoms with Crippen LogP contribution in [0.25, 0.3) is 0 Å². The normalized spacial score (nSPS) is 28.1. The highest BCUT2D eigenvalue weighted by Gasteiger charge is 2.35. The Balaban J connectivity index is 1.71. The van der Waals surface area contributed by atoms with Gasteiger partial charge in [-0.3, -0.25) is 4.90 Å². The standard InChI is InChI=1S/C18H27NO2/c1-13-7-8-14(2)15(11-13)17(20)12-19-9-10-21-18-6-4-3-5-16(18)19/h7-8,11,16-18,20H,3-6,9-10,12H2,1-2H3. The van der Waals surface area contributed by atoms with Crippen LogP contribution in [0.15, 0.2) is 18.2 Å². The van der Waals surface area contributed by atoms with Gasteiger partial charge in [-0.05, 0) is 37.8 Å². The zero-order valence-corrected chi connectivity index (χ0v) is 13.2. The van der Waals surface area contributed by atoms with Crippen LogP contribution in [0, 0.1) is 13.8 Å².